The number of hydrogen-bond acceptors (Lipinski definition) is 6. The molecule has 1 amide bonds. The van der Waals surface area contributed by atoms with Crippen LogP contribution in [0.1, 0.15) is 36.2 Å². The van der Waals surface area contributed by atoms with E-state index in [0.717, 1.165) is 31.1 Å². The zero-order chi connectivity index (χ0) is 18.6. The fourth-order valence-electron chi connectivity index (χ4n) is 3.39. The van der Waals surface area contributed by atoms with Gasteiger partial charge in [-0.05, 0) is 43.9 Å². The van der Waals surface area contributed by atoms with Crippen molar-refractivity contribution in [3.8, 4) is 11.8 Å². The standard InChI is InChI=1S/C20H21N3O4/c1-25-16-5-2-4-13-12-17(27-18(13)16)19(24)23-14-6-8-15(9-7-14)26-20-21-10-3-11-22-20/h2-5,10-12,14-15H,6-9H2,1H3,(H,23,24). The molecule has 0 spiro atoms. The lowest BCUT2D eigenvalue weighted by Gasteiger charge is -2.28. The van der Waals surface area contributed by atoms with Crippen molar-refractivity contribution in [3.63, 3.8) is 0 Å². The van der Waals surface area contributed by atoms with E-state index in [1.54, 1.807) is 31.6 Å². The number of methoxy groups -OCH3 is 1. The van der Waals surface area contributed by atoms with E-state index in [-0.39, 0.29) is 18.1 Å². The second kappa shape index (κ2) is 7.65. The van der Waals surface area contributed by atoms with Gasteiger partial charge in [-0.25, -0.2) is 9.97 Å². The molecule has 2 aromatic heterocycles. The van der Waals surface area contributed by atoms with Crippen molar-refractivity contribution >= 4 is 16.9 Å². The molecule has 1 aromatic carbocycles. The number of hydrogen-bond donors (Lipinski definition) is 1. The lowest BCUT2D eigenvalue weighted by atomic mass is 9.93. The molecule has 2 heterocycles. The van der Waals surface area contributed by atoms with Crippen molar-refractivity contribution in [3.05, 3.63) is 48.5 Å². The molecular weight excluding hydrogens is 346 g/mol. The van der Waals surface area contributed by atoms with Gasteiger partial charge in [0, 0.05) is 23.8 Å². The van der Waals surface area contributed by atoms with Crippen LogP contribution >= 0.6 is 0 Å². The first-order valence-corrected chi connectivity index (χ1v) is 9.04. The maximum Gasteiger partial charge on any atom is 0.316 e. The van der Waals surface area contributed by atoms with E-state index >= 15 is 0 Å². The Morgan fingerprint density at radius 2 is 1.93 bits per heavy atom. The molecule has 1 aliphatic carbocycles. The fourth-order valence-corrected chi connectivity index (χ4v) is 3.39. The van der Waals surface area contributed by atoms with Crippen LogP contribution in [0.15, 0.2) is 47.1 Å². The number of carbonyl (C=O) groups excluding carboxylic acids is 1. The zero-order valence-electron chi connectivity index (χ0n) is 15.1. The van der Waals surface area contributed by atoms with E-state index in [4.69, 9.17) is 13.9 Å². The third-order valence-electron chi connectivity index (χ3n) is 4.78. The van der Waals surface area contributed by atoms with Crippen molar-refractivity contribution in [2.24, 2.45) is 0 Å². The van der Waals surface area contributed by atoms with E-state index in [9.17, 15) is 4.79 Å². The molecule has 1 saturated carbocycles. The number of ether oxygens (including phenoxy) is 2. The van der Waals surface area contributed by atoms with E-state index in [2.05, 4.69) is 15.3 Å². The number of benzene rings is 1. The number of nitrogens with zero attached hydrogens (tertiary/aromatic N) is 2. The Balaban J connectivity index is 1.34. The van der Waals surface area contributed by atoms with Crippen LogP contribution < -0.4 is 14.8 Å². The molecular formula is C20H21N3O4. The summed E-state index contributed by atoms with van der Waals surface area (Å²) >= 11 is 0. The van der Waals surface area contributed by atoms with Crippen molar-refractivity contribution in [2.45, 2.75) is 37.8 Å². The Morgan fingerprint density at radius 3 is 2.67 bits per heavy atom. The Bertz CT molecular complexity index is 917. The first kappa shape index (κ1) is 17.3. The summed E-state index contributed by atoms with van der Waals surface area (Å²) < 4.78 is 16.8. The van der Waals surface area contributed by atoms with Gasteiger partial charge in [0.05, 0.1) is 7.11 Å². The van der Waals surface area contributed by atoms with Crippen LogP contribution in [-0.4, -0.2) is 35.1 Å². The average Bonchev–Trinajstić information content (AvgIpc) is 3.15. The quantitative estimate of drug-likeness (QED) is 0.744. The smallest absolute Gasteiger partial charge is 0.316 e. The highest BCUT2D eigenvalue weighted by Crippen LogP contribution is 2.29. The molecule has 0 aliphatic heterocycles. The van der Waals surface area contributed by atoms with Gasteiger partial charge in [-0.1, -0.05) is 12.1 Å². The Kier molecular flexibility index (Phi) is 4.91. The van der Waals surface area contributed by atoms with Crippen molar-refractivity contribution in [1.29, 1.82) is 0 Å². The number of furan rings is 1. The minimum atomic E-state index is -0.205. The first-order chi connectivity index (χ1) is 13.2. The van der Waals surface area contributed by atoms with Crippen LogP contribution in [0.3, 0.4) is 0 Å². The number of carbonyl (C=O) groups is 1. The van der Waals surface area contributed by atoms with E-state index in [0.29, 0.717) is 23.1 Å². The largest absolute Gasteiger partial charge is 0.493 e. The Labute approximate surface area is 156 Å². The lowest BCUT2D eigenvalue weighted by Crippen LogP contribution is -2.39. The molecule has 140 valence electrons. The molecule has 1 fully saturated rings. The highest BCUT2D eigenvalue weighted by Gasteiger charge is 2.25. The van der Waals surface area contributed by atoms with Crippen LogP contribution in [-0.2, 0) is 0 Å². The minimum absolute atomic E-state index is 0.0796. The summed E-state index contributed by atoms with van der Waals surface area (Å²) in [6, 6.07) is 9.58. The number of para-hydroxylation sites is 1. The highest BCUT2D eigenvalue weighted by molar-refractivity contribution is 5.97. The molecule has 4 rings (SSSR count). The highest BCUT2D eigenvalue weighted by atomic mass is 16.5. The maximum atomic E-state index is 12.6. The molecule has 0 bridgehead atoms. The predicted octanol–water partition coefficient (Wildman–Crippen LogP) is 3.35. The summed E-state index contributed by atoms with van der Waals surface area (Å²) in [5.41, 5.74) is 0.588. The van der Waals surface area contributed by atoms with E-state index in [1.165, 1.54) is 0 Å². The number of fused-ring (bicyclic) bond motifs is 1. The maximum absolute atomic E-state index is 12.6. The van der Waals surface area contributed by atoms with Gasteiger partial charge in [0.15, 0.2) is 17.1 Å². The number of aromatic nitrogens is 2. The first-order valence-electron chi connectivity index (χ1n) is 9.04. The molecule has 0 atom stereocenters. The minimum Gasteiger partial charge on any atom is -0.493 e. The zero-order valence-corrected chi connectivity index (χ0v) is 15.1. The monoisotopic (exact) mass is 367 g/mol. The van der Waals surface area contributed by atoms with Crippen LogP contribution in [0.2, 0.25) is 0 Å². The summed E-state index contributed by atoms with van der Waals surface area (Å²) in [6.45, 7) is 0. The molecule has 7 nitrogen and oxygen atoms in total. The molecule has 1 N–H and O–H groups in total. The summed E-state index contributed by atoms with van der Waals surface area (Å²) in [7, 11) is 1.58. The van der Waals surface area contributed by atoms with Crippen molar-refractivity contribution in [1.82, 2.24) is 15.3 Å². The Morgan fingerprint density at radius 1 is 1.15 bits per heavy atom. The van der Waals surface area contributed by atoms with Crippen LogP contribution in [0, 0.1) is 0 Å². The van der Waals surface area contributed by atoms with Gasteiger partial charge >= 0.3 is 6.01 Å². The SMILES string of the molecule is COc1cccc2cc(C(=O)NC3CCC(Oc4ncccn4)CC3)oc12. The third-order valence-corrected chi connectivity index (χ3v) is 4.78. The normalized spacial score (nSPS) is 19.6. The van der Waals surface area contributed by atoms with E-state index in [1.807, 2.05) is 18.2 Å². The topological polar surface area (TPSA) is 86.5 Å². The predicted molar refractivity (Wildman–Crippen MR) is 98.9 cm³/mol. The van der Waals surface area contributed by atoms with Gasteiger partial charge in [-0.3, -0.25) is 4.79 Å². The van der Waals surface area contributed by atoms with Gasteiger partial charge in [0.25, 0.3) is 5.91 Å². The number of amides is 1. The van der Waals surface area contributed by atoms with Crippen LogP contribution in [0.5, 0.6) is 11.8 Å². The van der Waals surface area contributed by atoms with Crippen molar-refractivity contribution in [2.75, 3.05) is 7.11 Å². The van der Waals surface area contributed by atoms with Gasteiger partial charge in [-0.15, -0.1) is 0 Å². The molecule has 1 aliphatic rings. The third kappa shape index (κ3) is 3.86. The second-order valence-electron chi connectivity index (χ2n) is 6.59. The second-order valence-corrected chi connectivity index (χ2v) is 6.59. The number of rotatable bonds is 5. The van der Waals surface area contributed by atoms with Crippen LogP contribution in [0.4, 0.5) is 0 Å². The summed E-state index contributed by atoms with van der Waals surface area (Å²) in [5.74, 6) is 0.710. The Hall–Kier alpha value is -3.09. The number of nitrogens with one attached hydrogen (secondary N) is 1. The summed E-state index contributed by atoms with van der Waals surface area (Å²) in [4.78, 5) is 20.7. The molecule has 0 saturated heterocycles. The molecule has 7 heteroatoms. The van der Waals surface area contributed by atoms with Gasteiger partial charge in [0.2, 0.25) is 0 Å². The molecule has 0 unspecified atom stereocenters. The molecule has 27 heavy (non-hydrogen) atoms. The fraction of sp³-hybridized carbons (Fsp3) is 0.350. The van der Waals surface area contributed by atoms with Gasteiger partial charge in [0.1, 0.15) is 6.10 Å². The van der Waals surface area contributed by atoms with Gasteiger partial charge < -0.3 is 19.2 Å². The summed E-state index contributed by atoms with van der Waals surface area (Å²) in [5, 5.41) is 3.90. The molecule has 3 aromatic rings. The van der Waals surface area contributed by atoms with E-state index < -0.39 is 0 Å². The average molecular weight is 367 g/mol. The molecule has 0 radical (unpaired) electrons. The van der Waals surface area contributed by atoms with Crippen molar-refractivity contribution < 1.29 is 18.7 Å². The van der Waals surface area contributed by atoms with Gasteiger partial charge in [-0.2, -0.15) is 0 Å². The summed E-state index contributed by atoms with van der Waals surface area (Å²) in [6.07, 6.45) is 6.78. The van der Waals surface area contributed by atoms with Crippen LogP contribution in [0.25, 0.3) is 11.0 Å². The lowest BCUT2D eigenvalue weighted by molar-refractivity contribution is 0.0861.